The van der Waals surface area contributed by atoms with E-state index in [0.29, 0.717) is 60.8 Å². The quantitative estimate of drug-likeness (QED) is 0.470. The van der Waals surface area contributed by atoms with Crippen molar-refractivity contribution in [3.8, 4) is 17.6 Å². The number of benzene rings is 1. The van der Waals surface area contributed by atoms with Crippen LogP contribution in [0.25, 0.3) is 0 Å². The minimum absolute atomic E-state index is 0.0780. The standard InChI is InChI=1S/C27H28N4O4S/c1-34-20-7-8-23(35-2)19(14-20)6-9-25(32)30-27-22(15-28)21-11-13-31(17-24(21)36-27)26(33)10-5-18-4-3-12-29-16-18/h3-4,7-8,12,14,16H,5-6,9-11,13,17H2,1-2H3,(H,30,32). The molecule has 0 aliphatic carbocycles. The van der Waals surface area contributed by atoms with Crippen LogP contribution in [-0.4, -0.2) is 42.5 Å². The third-order valence-electron chi connectivity index (χ3n) is 6.23. The highest BCUT2D eigenvalue weighted by molar-refractivity contribution is 7.16. The number of rotatable bonds is 9. The van der Waals surface area contributed by atoms with Gasteiger partial charge in [-0.05, 0) is 60.2 Å². The highest BCUT2D eigenvalue weighted by Gasteiger charge is 2.27. The fourth-order valence-corrected chi connectivity index (χ4v) is 5.52. The molecule has 0 unspecified atom stereocenters. The van der Waals surface area contributed by atoms with Gasteiger partial charge in [0.25, 0.3) is 0 Å². The molecule has 3 heterocycles. The summed E-state index contributed by atoms with van der Waals surface area (Å²) in [6.45, 7) is 1.02. The van der Waals surface area contributed by atoms with Gasteiger partial charge in [-0.3, -0.25) is 14.6 Å². The van der Waals surface area contributed by atoms with Crippen molar-refractivity contribution in [2.45, 2.75) is 38.6 Å². The first-order valence-corrected chi connectivity index (χ1v) is 12.6. The van der Waals surface area contributed by atoms with Crippen LogP contribution in [0.2, 0.25) is 0 Å². The number of carbonyl (C=O) groups is 2. The molecule has 36 heavy (non-hydrogen) atoms. The van der Waals surface area contributed by atoms with Crippen molar-refractivity contribution in [2.24, 2.45) is 0 Å². The maximum Gasteiger partial charge on any atom is 0.225 e. The van der Waals surface area contributed by atoms with Gasteiger partial charge in [-0.25, -0.2) is 0 Å². The molecule has 3 aromatic rings. The van der Waals surface area contributed by atoms with E-state index < -0.39 is 0 Å². The van der Waals surface area contributed by atoms with Crippen LogP contribution in [-0.2, 0) is 35.4 Å². The summed E-state index contributed by atoms with van der Waals surface area (Å²) in [5, 5.41) is 13.3. The van der Waals surface area contributed by atoms with Gasteiger partial charge >= 0.3 is 0 Å². The summed E-state index contributed by atoms with van der Waals surface area (Å²) in [5.74, 6) is 1.29. The van der Waals surface area contributed by atoms with Gasteiger partial charge in [0.2, 0.25) is 11.8 Å². The van der Waals surface area contributed by atoms with E-state index in [0.717, 1.165) is 21.6 Å². The first kappa shape index (κ1) is 25.2. The predicted molar refractivity (Wildman–Crippen MR) is 137 cm³/mol. The summed E-state index contributed by atoms with van der Waals surface area (Å²) in [7, 11) is 3.18. The smallest absolute Gasteiger partial charge is 0.225 e. The summed E-state index contributed by atoms with van der Waals surface area (Å²) >= 11 is 1.38. The SMILES string of the molecule is COc1ccc(OC)c(CCC(=O)Nc2sc3c(c2C#N)CCN(C(=O)CCc2cccnc2)C3)c1. The van der Waals surface area contributed by atoms with Gasteiger partial charge in [0, 0.05) is 36.7 Å². The largest absolute Gasteiger partial charge is 0.497 e. The minimum atomic E-state index is -0.181. The van der Waals surface area contributed by atoms with Gasteiger partial charge in [-0.2, -0.15) is 5.26 Å². The van der Waals surface area contributed by atoms with Crippen LogP contribution < -0.4 is 14.8 Å². The van der Waals surface area contributed by atoms with Crippen LogP contribution in [0, 0.1) is 11.3 Å². The van der Waals surface area contributed by atoms with Crippen LogP contribution >= 0.6 is 11.3 Å². The Morgan fingerprint density at radius 3 is 2.78 bits per heavy atom. The van der Waals surface area contributed by atoms with E-state index in [1.54, 1.807) is 26.6 Å². The Hall–Kier alpha value is -3.90. The van der Waals surface area contributed by atoms with Crippen LogP contribution in [0.4, 0.5) is 5.00 Å². The molecule has 1 aliphatic rings. The Balaban J connectivity index is 1.38. The van der Waals surface area contributed by atoms with Gasteiger partial charge < -0.3 is 19.7 Å². The highest BCUT2D eigenvalue weighted by Crippen LogP contribution is 2.37. The van der Waals surface area contributed by atoms with Crippen LogP contribution in [0.5, 0.6) is 11.5 Å². The number of nitrogens with zero attached hydrogens (tertiary/aromatic N) is 3. The second kappa shape index (κ2) is 11.7. The number of ether oxygens (including phenoxy) is 2. The fourth-order valence-electron chi connectivity index (χ4n) is 4.29. The second-order valence-electron chi connectivity index (χ2n) is 8.47. The number of methoxy groups -OCH3 is 2. The molecular weight excluding hydrogens is 476 g/mol. The number of amides is 2. The fraction of sp³-hybridized carbons (Fsp3) is 0.333. The van der Waals surface area contributed by atoms with E-state index in [9.17, 15) is 14.9 Å². The van der Waals surface area contributed by atoms with E-state index in [1.165, 1.54) is 11.3 Å². The molecule has 0 radical (unpaired) electrons. The molecule has 2 aromatic heterocycles. The monoisotopic (exact) mass is 504 g/mol. The molecule has 1 aliphatic heterocycles. The third kappa shape index (κ3) is 5.83. The zero-order valence-corrected chi connectivity index (χ0v) is 21.2. The van der Waals surface area contributed by atoms with Gasteiger partial charge in [0.15, 0.2) is 0 Å². The van der Waals surface area contributed by atoms with Crippen molar-refractivity contribution in [3.63, 3.8) is 0 Å². The third-order valence-corrected chi connectivity index (χ3v) is 7.37. The first-order chi connectivity index (χ1) is 17.5. The normalized spacial score (nSPS) is 12.4. The zero-order valence-electron chi connectivity index (χ0n) is 20.4. The zero-order chi connectivity index (χ0) is 25.5. The summed E-state index contributed by atoms with van der Waals surface area (Å²) in [6, 6.07) is 11.6. The molecule has 4 rings (SSSR count). The molecule has 8 nitrogen and oxygen atoms in total. The minimum Gasteiger partial charge on any atom is -0.497 e. The summed E-state index contributed by atoms with van der Waals surface area (Å²) in [6.07, 6.45) is 5.85. The number of hydrogen-bond acceptors (Lipinski definition) is 7. The van der Waals surface area contributed by atoms with Crippen molar-refractivity contribution in [1.29, 1.82) is 5.26 Å². The van der Waals surface area contributed by atoms with E-state index in [2.05, 4.69) is 16.4 Å². The Kier molecular flexibility index (Phi) is 8.18. The molecule has 0 atom stereocenters. The van der Waals surface area contributed by atoms with E-state index in [-0.39, 0.29) is 18.2 Å². The van der Waals surface area contributed by atoms with Gasteiger partial charge in [0.1, 0.15) is 22.6 Å². The number of fused-ring (bicyclic) bond motifs is 1. The molecule has 1 aromatic carbocycles. The lowest BCUT2D eigenvalue weighted by molar-refractivity contribution is -0.132. The number of pyridine rings is 1. The molecule has 0 saturated carbocycles. The number of aryl methyl sites for hydroxylation is 2. The number of anilines is 1. The van der Waals surface area contributed by atoms with Crippen LogP contribution in [0.15, 0.2) is 42.7 Å². The summed E-state index contributed by atoms with van der Waals surface area (Å²) in [5.41, 5.74) is 3.34. The molecule has 0 fully saturated rings. The van der Waals surface area contributed by atoms with E-state index >= 15 is 0 Å². The lowest BCUT2D eigenvalue weighted by atomic mass is 10.0. The van der Waals surface area contributed by atoms with E-state index in [4.69, 9.17) is 9.47 Å². The summed E-state index contributed by atoms with van der Waals surface area (Å²) in [4.78, 5) is 32.4. The number of carbonyl (C=O) groups excluding carboxylic acids is 2. The molecule has 0 saturated heterocycles. The maximum absolute atomic E-state index is 12.8. The average Bonchev–Trinajstić information content (AvgIpc) is 3.26. The van der Waals surface area contributed by atoms with E-state index in [1.807, 2.05) is 35.2 Å². The lowest BCUT2D eigenvalue weighted by Gasteiger charge is -2.27. The Morgan fingerprint density at radius 2 is 2.06 bits per heavy atom. The van der Waals surface area contributed by atoms with Gasteiger partial charge in [0.05, 0.1) is 26.3 Å². The Morgan fingerprint density at radius 1 is 1.19 bits per heavy atom. The van der Waals surface area contributed by atoms with Crippen molar-refractivity contribution in [2.75, 3.05) is 26.1 Å². The average molecular weight is 505 g/mol. The first-order valence-electron chi connectivity index (χ1n) is 11.7. The van der Waals surface area contributed by atoms with Gasteiger partial charge in [-0.15, -0.1) is 11.3 Å². The van der Waals surface area contributed by atoms with Crippen molar-refractivity contribution in [3.05, 3.63) is 69.9 Å². The number of nitriles is 1. The predicted octanol–water partition coefficient (Wildman–Crippen LogP) is 4.12. The number of thiophene rings is 1. The van der Waals surface area contributed by atoms with Crippen LogP contribution in [0.1, 0.15) is 40.0 Å². The van der Waals surface area contributed by atoms with Crippen molar-refractivity contribution in [1.82, 2.24) is 9.88 Å². The highest BCUT2D eigenvalue weighted by atomic mass is 32.1. The molecule has 2 amide bonds. The van der Waals surface area contributed by atoms with Crippen molar-refractivity contribution >= 4 is 28.2 Å². The molecule has 9 heteroatoms. The lowest BCUT2D eigenvalue weighted by Crippen LogP contribution is -2.35. The molecule has 0 bridgehead atoms. The number of aromatic nitrogens is 1. The molecule has 186 valence electrons. The number of nitrogens with one attached hydrogen (secondary N) is 1. The topological polar surface area (TPSA) is 105 Å². The maximum atomic E-state index is 12.8. The Labute approximate surface area is 214 Å². The van der Waals surface area contributed by atoms with Gasteiger partial charge in [-0.1, -0.05) is 6.07 Å². The molecule has 1 N–H and O–H groups in total. The molecule has 0 spiro atoms. The van der Waals surface area contributed by atoms with Crippen molar-refractivity contribution < 1.29 is 19.1 Å². The summed E-state index contributed by atoms with van der Waals surface area (Å²) < 4.78 is 10.7. The Bertz CT molecular complexity index is 1280. The second-order valence-corrected chi connectivity index (χ2v) is 9.58. The molecular formula is C27H28N4O4S. The van der Waals surface area contributed by atoms with Crippen LogP contribution in [0.3, 0.4) is 0 Å². The number of hydrogen-bond donors (Lipinski definition) is 1.